The average Bonchev–Trinajstić information content (AvgIpc) is 2.77. The molecule has 6 nitrogen and oxygen atoms in total. The second-order valence-electron chi connectivity index (χ2n) is 7.16. The highest BCUT2D eigenvalue weighted by atomic mass is 16.5. The van der Waals surface area contributed by atoms with Crippen molar-refractivity contribution in [3.05, 3.63) is 59.7 Å². The van der Waals surface area contributed by atoms with Crippen LogP contribution in [0, 0.1) is 5.92 Å². The molecule has 0 spiro atoms. The van der Waals surface area contributed by atoms with Gasteiger partial charge in [0.25, 0.3) is 0 Å². The van der Waals surface area contributed by atoms with E-state index in [1.54, 1.807) is 19.9 Å². The van der Waals surface area contributed by atoms with E-state index < -0.39 is 23.0 Å². The van der Waals surface area contributed by atoms with E-state index in [-0.39, 0.29) is 18.3 Å². The van der Waals surface area contributed by atoms with Crippen LogP contribution in [0.5, 0.6) is 11.5 Å². The van der Waals surface area contributed by atoms with Crippen LogP contribution in [0.1, 0.15) is 25.0 Å². The fourth-order valence-corrected chi connectivity index (χ4v) is 4.41. The Bertz CT molecular complexity index is 912. The van der Waals surface area contributed by atoms with Crippen LogP contribution in [0.4, 0.5) is 0 Å². The van der Waals surface area contributed by atoms with Crippen LogP contribution in [-0.4, -0.2) is 29.3 Å². The molecule has 1 saturated heterocycles. The summed E-state index contributed by atoms with van der Waals surface area (Å²) in [6.07, 6.45) is 0.319. The van der Waals surface area contributed by atoms with E-state index in [1.807, 2.05) is 30.3 Å². The van der Waals surface area contributed by atoms with Gasteiger partial charge in [-0.2, -0.15) is 0 Å². The Morgan fingerprint density at radius 1 is 1.26 bits per heavy atom. The van der Waals surface area contributed by atoms with Gasteiger partial charge in [0, 0.05) is 11.6 Å². The predicted octanol–water partition coefficient (Wildman–Crippen LogP) is 2.29. The van der Waals surface area contributed by atoms with Gasteiger partial charge in [-0.15, -0.1) is 0 Å². The Balaban J connectivity index is 1.95. The van der Waals surface area contributed by atoms with Gasteiger partial charge in [0.05, 0.1) is 6.61 Å². The molecule has 6 heteroatoms. The largest absolute Gasteiger partial charge is 0.508 e. The summed E-state index contributed by atoms with van der Waals surface area (Å²) < 4.78 is 11.3. The first kappa shape index (κ1) is 17.4. The number of phenols is 1. The zero-order valence-corrected chi connectivity index (χ0v) is 15.2. The Morgan fingerprint density at radius 3 is 2.70 bits per heavy atom. The number of phenolic OH excluding ortho intramolecular Hbond substituents is 1. The predicted molar refractivity (Wildman–Crippen MR) is 97.2 cm³/mol. The van der Waals surface area contributed by atoms with Gasteiger partial charge in [-0.25, -0.2) is 0 Å². The molecule has 2 aliphatic rings. The number of carbonyl (C=O) groups excluding carboxylic acids is 2. The van der Waals surface area contributed by atoms with Crippen LogP contribution < -0.4 is 10.1 Å². The minimum Gasteiger partial charge on any atom is -0.508 e. The molecule has 0 aliphatic carbocycles. The maximum Gasteiger partial charge on any atom is 0.316 e. The second-order valence-corrected chi connectivity index (χ2v) is 7.16. The summed E-state index contributed by atoms with van der Waals surface area (Å²) in [5, 5.41) is 12.8. The lowest BCUT2D eigenvalue weighted by Crippen LogP contribution is -2.56. The molecule has 4 rings (SSSR count). The van der Waals surface area contributed by atoms with Crippen molar-refractivity contribution in [1.29, 1.82) is 0 Å². The maximum atomic E-state index is 13.3. The molecule has 0 aromatic heterocycles. The fourth-order valence-electron chi connectivity index (χ4n) is 4.41. The third-order valence-electron chi connectivity index (χ3n) is 5.43. The Hall–Kier alpha value is -3.02. The van der Waals surface area contributed by atoms with Crippen molar-refractivity contribution in [2.75, 3.05) is 6.61 Å². The third-order valence-corrected chi connectivity index (χ3v) is 5.43. The molecule has 0 saturated carbocycles. The lowest BCUT2D eigenvalue weighted by molar-refractivity contribution is -0.160. The number of carbonyl (C=O) groups is 2. The number of aromatic hydroxyl groups is 1. The first-order chi connectivity index (χ1) is 12.9. The van der Waals surface area contributed by atoms with E-state index in [4.69, 9.17) is 9.47 Å². The summed E-state index contributed by atoms with van der Waals surface area (Å²) in [5.41, 5.74) is -0.926. The number of benzene rings is 2. The fraction of sp³-hybridized carbons (Fsp3) is 0.333. The minimum atomic E-state index is -1.25. The summed E-state index contributed by atoms with van der Waals surface area (Å²) in [6.45, 7) is 3.62. The molecule has 27 heavy (non-hydrogen) atoms. The van der Waals surface area contributed by atoms with Crippen LogP contribution in [0.2, 0.25) is 0 Å². The molecule has 0 radical (unpaired) electrons. The molecule has 3 atom stereocenters. The number of nitrogens with one attached hydrogen (secondary N) is 1. The van der Waals surface area contributed by atoms with Gasteiger partial charge < -0.3 is 19.9 Å². The molecule has 1 amide bonds. The van der Waals surface area contributed by atoms with E-state index in [1.165, 1.54) is 12.1 Å². The zero-order chi connectivity index (χ0) is 19.2. The molecule has 2 bridgehead atoms. The van der Waals surface area contributed by atoms with E-state index in [0.29, 0.717) is 17.7 Å². The van der Waals surface area contributed by atoms with E-state index in [2.05, 4.69) is 5.32 Å². The van der Waals surface area contributed by atoms with Gasteiger partial charge in [-0.1, -0.05) is 36.4 Å². The molecule has 0 unspecified atom stereocenters. The van der Waals surface area contributed by atoms with Gasteiger partial charge in [0.1, 0.15) is 22.8 Å². The SMILES string of the molecule is CCOC(=O)[C@@H]1[C@@]2(C)NC(=O)[C@]1(Cc1ccccc1)c1ccc(O)cc1O2. The van der Waals surface area contributed by atoms with Crippen molar-refractivity contribution in [2.24, 2.45) is 5.92 Å². The molecule has 2 aliphatic heterocycles. The molecule has 2 heterocycles. The Morgan fingerprint density at radius 2 is 2.00 bits per heavy atom. The van der Waals surface area contributed by atoms with E-state index in [9.17, 15) is 14.7 Å². The van der Waals surface area contributed by atoms with E-state index in [0.717, 1.165) is 5.56 Å². The van der Waals surface area contributed by atoms with Crippen molar-refractivity contribution in [1.82, 2.24) is 5.32 Å². The molecule has 1 fully saturated rings. The number of ether oxygens (including phenoxy) is 2. The number of rotatable bonds is 4. The lowest BCUT2D eigenvalue weighted by atomic mass is 9.64. The third kappa shape index (κ3) is 2.47. The van der Waals surface area contributed by atoms with Crippen LogP contribution in [-0.2, 0) is 26.2 Å². The number of hydrogen-bond donors (Lipinski definition) is 2. The van der Waals surface area contributed by atoms with Crippen molar-refractivity contribution >= 4 is 11.9 Å². The molecule has 2 aromatic carbocycles. The van der Waals surface area contributed by atoms with Crippen molar-refractivity contribution < 1.29 is 24.2 Å². The molecule has 140 valence electrons. The normalized spacial score (nSPS) is 28.1. The highest BCUT2D eigenvalue weighted by molar-refractivity contribution is 6.00. The van der Waals surface area contributed by atoms with Crippen LogP contribution >= 0.6 is 0 Å². The number of hydrogen-bond acceptors (Lipinski definition) is 5. The van der Waals surface area contributed by atoms with Gasteiger partial charge in [0.2, 0.25) is 5.91 Å². The smallest absolute Gasteiger partial charge is 0.316 e. The standard InChI is InChI=1S/C21H21NO5/c1-3-26-18(24)17-20(2)22-19(25)21(17,12-13-7-5-4-6-8-13)15-10-9-14(23)11-16(15)27-20/h4-11,17,23H,3,12H2,1-2H3,(H,22,25)/t17-,20+,21-/m1/s1. The summed E-state index contributed by atoms with van der Waals surface area (Å²) >= 11 is 0. The van der Waals surface area contributed by atoms with Crippen molar-refractivity contribution in [3.8, 4) is 11.5 Å². The minimum absolute atomic E-state index is 0.0358. The number of esters is 1. The van der Waals surface area contributed by atoms with Crippen molar-refractivity contribution in [2.45, 2.75) is 31.4 Å². The van der Waals surface area contributed by atoms with Crippen LogP contribution in [0.15, 0.2) is 48.5 Å². The highest BCUT2D eigenvalue weighted by Crippen LogP contribution is 2.55. The molecule has 2 aromatic rings. The molecular formula is C21H21NO5. The number of amides is 1. The first-order valence-corrected chi connectivity index (χ1v) is 8.96. The summed E-state index contributed by atoms with van der Waals surface area (Å²) in [4.78, 5) is 26.2. The summed E-state index contributed by atoms with van der Waals surface area (Å²) in [7, 11) is 0. The van der Waals surface area contributed by atoms with Gasteiger partial charge in [-0.05, 0) is 31.9 Å². The Labute approximate surface area is 157 Å². The maximum absolute atomic E-state index is 13.3. The highest BCUT2D eigenvalue weighted by Gasteiger charge is 2.70. The first-order valence-electron chi connectivity index (χ1n) is 8.96. The van der Waals surface area contributed by atoms with Gasteiger partial charge in [-0.3, -0.25) is 9.59 Å². The average molecular weight is 367 g/mol. The summed E-state index contributed by atoms with van der Waals surface area (Å²) in [5.74, 6) is -1.18. The monoisotopic (exact) mass is 367 g/mol. The quantitative estimate of drug-likeness (QED) is 0.810. The Kier molecular flexibility index (Phi) is 3.87. The summed E-state index contributed by atoms with van der Waals surface area (Å²) in [6, 6.07) is 14.2. The second kappa shape index (κ2) is 6.01. The molecule has 2 N–H and O–H groups in total. The number of fused-ring (bicyclic) bond motifs is 4. The van der Waals surface area contributed by atoms with E-state index >= 15 is 0 Å². The zero-order valence-electron chi connectivity index (χ0n) is 15.2. The van der Waals surface area contributed by atoms with Gasteiger partial charge >= 0.3 is 5.97 Å². The lowest BCUT2D eigenvalue weighted by Gasteiger charge is -2.42. The molecular weight excluding hydrogens is 346 g/mol. The van der Waals surface area contributed by atoms with Crippen molar-refractivity contribution in [3.63, 3.8) is 0 Å². The van der Waals surface area contributed by atoms with Crippen LogP contribution in [0.3, 0.4) is 0 Å². The van der Waals surface area contributed by atoms with Crippen LogP contribution in [0.25, 0.3) is 0 Å². The topological polar surface area (TPSA) is 84.9 Å². The van der Waals surface area contributed by atoms with Gasteiger partial charge in [0.15, 0.2) is 5.72 Å².